The first-order chi connectivity index (χ1) is 9.24. The molecule has 5 heteroatoms. The van der Waals surface area contributed by atoms with E-state index in [0.29, 0.717) is 11.7 Å². The maximum Gasteiger partial charge on any atom is 0.338 e. The lowest BCUT2D eigenvalue weighted by atomic mass is 9.90. The number of nitrogens with zero attached hydrogens (tertiary/aromatic N) is 1. The average molecular weight is 277 g/mol. The van der Waals surface area contributed by atoms with Crippen molar-refractivity contribution in [3.05, 3.63) is 28.3 Å². The van der Waals surface area contributed by atoms with Crippen molar-refractivity contribution in [2.75, 3.05) is 0 Å². The zero-order valence-electron chi connectivity index (χ0n) is 10.5. The first-order valence-electron chi connectivity index (χ1n) is 6.51. The predicted molar refractivity (Wildman–Crippen MR) is 72.6 cm³/mol. The van der Waals surface area contributed by atoms with E-state index in [1.165, 1.54) is 44.4 Å². The van der Waals surface area contributed by atoms with Crippen LogP contribution in [0.1, 0.15) is 53.4 Å². The van der Waals surface area contributed by atoms with E-state index >= 15 is 0 Å². The smallest absolute Gasteiger partial charge is 0.338 e. The highest BCUT2D eigenvalue weighted by atomic mass is 32.1. The van der Waals surface area contributed by atoms with Crippen LogP contribution < -0.4 is 0 Å². The summed E-state index contributed by atoms with van der Waals surface area (Å²) in [6, 6.07) is 1.53. The Kier molecular flexibility index (Phi) is 3.38. The van der Waals surface area contributed by atoms with E-state index < -0.39 is 5.97 Å². The summed E-state index contributed by atoms with van der Waals surface area (Å²) in [6.07, 6.45) is 7.58. The van der Waals surface area contributed by atoms with Crippen molar-refractivity contribution in [1.82, 2.24) is 4.98 Å². The van der Waals surface area contributed by atoms with E-state index in [0.717, 1.165) is 10.7 Å². The van der Waals surface area contributed by atoms with Crippen LogP contribution in [0.15, 0.2) is 22.1 Å². The molecular weight excluding hydrogens is 262 g/mol. The fourth-order valence-corrected chi connectivity index (χ4v) is 3.50. The number of hydrogen-bond acceptors (Lipinski definition) is 4. The monoisotopic (exact) mass is 277 g/mol. The Labute approximate surface area is 115 Å². The van der Waals surface area contributed by atoms with Gasteiger partial charge in [0.1, 0.15) is 12.0 Å². The van der Waals surface area contributed by atoms with Crippen LogP contribution in [0.25, 0.3) is 11.5 Å². The van der Waals surface area contributed by atoms with E-state index in [1.54, 1.807) is 11.3 Å². The third-order valence-electron chi connectivity index (χ3n) is 3.58. The number of aromatic nitrogens is 1. The molecule has 1 N–H and O–H groups in total. The maximum absolute atomic E-state index is 10.8. The van der Waals surface area contributed by atoms with Crippen LogP contribution in [-0.4, -0.2) is 16.1 Å². The van der Waals surface area contributed by atoms with Crippen molar-refractivity contribution >= 4 is 17.3 Å². The minimum absolute atomic E-state index is 0.169. The fourth-order valence-electron chi connectivity index (χ4n) is 2.52. The lowest BCUT2D eigenvalue weighted by Crippen LogP contribution is -2.03. The second-order valence-corrected chi connectivity index (χ2v) is 5.80. The summed E-state index contributed by atoms with van der Waals surface area (Å²) >= 11 is 1.65. The lowest BCUT2D eigenvalue weighted by Gasteiger charge is -2.18. The molecule has 0 amide bonds. The molecule has 0 saturated heterocycles. The van der Waals surface area contributed by atoms with Gasteiger partial charge in [0.2, 0.25) is 0 Å². The van der Waals surface area contributed by atoms with Crippen LogP contribution in [0.3, 0.4) is 0 Å². The zero-order valence-corrected chi connectivity index (χ0v) is 11.3. The van der Waals surface area contributed by atoms with Gasteiger partial charge in [-0.25, -0.2) is 9.78 Å². The minimum Gasteiger partial charge on any atom is -0.478 e. The number of hydrogen-bond donors (Lipinski definition) is 1. The number of thiazole rings is 1. The molecule has 0 bridgehead atoms. The van der Waals surface area contributed by atoms with Gasteiger partial charge in [-0.05, 0) is 12.8 Å². The second kappa shape index (κ2) is 5.17. The van der Waals surface area contributed by atoms with Crippen LogP contribution >= 0.6 is 11.3 Å². The molecule has 0 aliphatic heterocycles. The van der Waals surface area contributed by atoms with Gasteiger partial charge in [0.05, 0.1) is 10.6 Å². The maximum atomic E-state index is 10.8. The van der Waals surface area contributed by atoms with Crippen molar-refractivity contribution in [2.24, 2.45) is 0 Å². The fraction of sp³-hybridized carbons (Fsp3) is 0.429. The number of carbonyl (C=O) groups is 1. The van der Waals surface area contributed by atoms with Gasteiger partial charge in [0.15, 0.2) is 5.76 Å². The van der Waals surface area contributed by atoms with Gasteiger partial charge in [-0.1, -0.05) is 19.3 Å². The van der Waals surface area contributed by atoms with Crippen LogP contribution in [0, 0.1) is 0 Å². The van der Waals surface area contributed by atoms with Crippen molar-refractivity contribution in [3.63, 3.8) is 0 Å². The van der Waals surface area contributed by atoms with E-state index in [2.05, 4.69) is 4.98 Å². The summed E-state index contributed by atoms with van der Waals surface area (Å²) in [7, 11) is 0. The summed E-state index contributed by atoms with van der Waals surface area (Å²) in [5, 5.41) is 12.0. The van der Waals surface area contributed by atoms with Gasteiger partial charge < -0.3 is 9.52 Å². The normalized spacial score (nSPS) is 16.6. The van der Waals surface area contributed by atoms with Crippen molar-refractivity contribution in [3.8, 4) is 11.5 Å². The van der Waals surface area contributed by atoms with E-state index in [4.69, 9.17) is 9.52 Å². The Morgan fingerprint density at radius 1 is 1.37 bits per heavy atom. The molecule has 4 nitrogen and oxygen atoms in total. The number of aromatic carboxylic acids is 1. The van der Waals surface area contributed by atoms with Crippen molar-refractivity contribution < 1.29 is 14.3 Å². The van der Waals surface area contributed by atoms with Crippen LogP contribution in [-0.2, 0) is 0 Å². The highest BCUT2D eigenvalue weighted by Gasteiger charge is 2.20. The van der Waals surface area contributed by atoms with Crippen molar-refractivity contribution in [1.29, 1.82) is 0 Å². The number of carboxylic acids is 1. The van der Waals surface area contributed by atoms with Gasteiger partial charge in [0.25, 0.3) is 0 Å². The molecule has 1 saturated carbocycles. The minimum atomic E-state index is -0.974. The standard InChI is InChI=1S/C14H15NO3S/c16-14(17)10-6-12(18-7-10)11-8-19-13(15-11)9-4-2-1-3-5-9/h6-9H,1-5H2,(H,16,17). The summed E-state index contributed by atoms with van der Waals surface area (Å²) in [5.41, 5.74) is 0.917. The Morgan fingerprint density at radius 3 is 2.84 bits per heavy atom. The van der Waals surface area contributed by atoms with Gasteiger partial charge in [-0.15, -0.1) is 11.3 Å². The molecule has 2 aromatic rings. The number of rotatable bonds is 3. The molecular formula is C14H15NO3S. The third-order valence-corrected chi connectivity index (χ3v) is 4.58. The molecule has 0 atom stereocenters. The Hall–Kier alpha value is -1.62. The van der Waals surface area contributed by atoms with Crippen LogP contribution in [0.2, 0.25) is 0 Å². The highest BCUT2D eigenvalue weighted by molar-refractivity contribution is 7.10. The molecule has 3 rings (SSSR count). The Bertz CT molecular complexity index is 581. The van der Waals surface area contributed by atoms with Crippen molar-refractivity contribution in [2.45, 2.75) is 38.0 Å². The molecule has 0 unspecified atom stereocenters. The molecule has 1 aliphatic rings. The van der Waals surface area contributed by atoms with Crippen LogP contribution in [0.5, 0.6) is 0 Å². The first-order valence-corrected chi connectivity index (χ1v) is 7.39. The third kappa shape index (κ3) is 2.56. The highest BCUT2D eigenvalue weighted by Crippen LogP contribution is 2.36. The van der Waals surface area contributed by atoms with E-state index in [9.17, 15) is 4.79 Å². The SMILES string of the molecule is O=C(O)c1coc(-c2csc(C3CCCCC3)n2)c1. The van der Waals surface area contributed by atoms with Gasteiger partial charge in [-0.2, -0.15) is 0 Å². The molecule has 2 heterocycles. The summed E-state index contributed by atoms with van der Waals surface area (Å²) < 4.78 is 5.28. The Morgan fingerprint density at radius 2 is 2.16 bits per heavy atom. The van der Waals surface area contributed by atoms with Gasteiger partial charge in [-0.3, -0.25) is 0 Å². The average Bonchev–Trinajstić information content (AvgIpc) is 3.09. The number of furan rings is 1. The van der Waals surface area contributed by atoms with E-state index in [-0.39, 0.29) is 5.56 Å². The summed E-state index contributed by atoms with van der Waals surface area (Å²) in [5.74, 6) is 0.134. The molecule has 0 spiro atoms. The van der Waals surface area contributed by atoms with Crippen LogP contribution in [0.4, 0.5) is 0 Å². The molecule has 19 heavy (non-hydrogen) atoms. The first kappa shape index (κ1) is 12.4. The molecule has 100 valence electrons. The largest absolute Gasteiger partial charge is 0.478 e. The summed E-state index contributed by atoms with van der Waals surface area (Å²) in [6.45, 7) is 0. The molecule has 0 radical (unpaired) electrons. The molecule has 0 aromatic carbocycles. The van der Waals surface area contributed by atoms with Gasteiger partial charge >= 0.3 is 5.97 Å². The lowest BCUT2D eigenvalue weighted by molar-refractivity contribution is 0.0696. The van der Waals surface area contributed by atoms with E-state index in [1.807, 2.05) is 5.38 Å². The Balaban J connectivity index is 1.81. The molecule has 1 aliphatic carbocycles. The zero-order chi connectivity index (χ0) is 13.2. The second-order valence-electron chi connectivity index (χ2n) is 4.91. The molecule has 2 aromatic heterocycles. The molecule has 1 fully saturated rings. The topological polar surface area (TPSA) is 63.3 Å². The number of carboxylic acid groups (broad SMARTS) is 1. The predicted octanol–water partition coefficient (Wildman–Crippen LogP) is 4.15. The quantitative estimate of drug-likeness (QED) is 0.915. The summed E-state index contributed by atoms with van der Waals surface area (Å²) in [4.78, 5) is 15.4. The van der Waals surface area contributed by atoms with Gasteiger partial charge in [0, 0.05) is 17.4 Å².